The normalized spacial score (nSPS) is 15.3. The highest BCUT2D eigenvalue weighted by Crippen LogP contribution is 2.63. The van der Waals surface area contributed by atoms with Crippen LogP contribution in [0.4, 0.5) is 0 Å². The molecule has 2 amide bonds. The van der Waals surface area contributed by atoms with Gasteiger partial charge in [-0.2, -0.15) is 0 Å². The second-order valence-corrected chi connectivity index (χ2v) is 17.9. The molecule has 2 aliphatic heterocycles. The molecule has 6 rings (SSSR count). The number of fused-ring (bicyclic) bond motifs is 2. The standard InChI is InChI=1S/C41H44N2O7S4/c1-5-9-21-27(7-3)38(46)49-30-32-33(31(35-34(30)53-41(48)54-35)50-39(47)28(8-4)22-10-6-2)52-40(51-32)29-36(44)42(23-25-17-13-11-14-18-25)43(37(29)45)24-26-19-15-12-16-20-26/h11-20,27-28H,5-10,21-24H2,1-4H3. The first-order chi connectivity index (χ1) is 26.2. The fraction of sp³-hybridized carbons (Fsp3) is 0.390. The van der Waals surface area contributed by atoms with Crippen molar-refractivity contribution in [2.24, 2.45) is 11.8 Å². The molecule has 1 saturated heterocycles. The molecule has 13 heteroatoms. The number of nitrogens with zero attached hydrogens (tertiary/aromatic N) is 2. The molecule has 284 valence electrons. The van der Waals surface area contributed by atoms with E-state index >= 15 is 0 Å². The molecule has 54 heavy (non-hydrogen) atoms. The summed E-state index contributed by atoms with van der Waals surface area (Å²) in [4.78, 5) is 70.3. The van der Waals surface area contributed by atoms with Crippen molar-refractivity contribution in [3.05, 3.63) is 90.5 Å². The highest BCUT2D eigenvalue weighted by atomic mass is 32.2. The van der Waals surface area contributed by atoms with Crippen LogP contribution in [0.3, 0.4) is 0 Å². The van der Waals surface area contributed by atoms with E-state index in [1.165, 1.54) is 10.0 Å². The Bertz CT molecular complexity index is 1970. The molecular weight excluding hydrogens is 761 g/mol. The van der Waals surface area contributed by atoms with Crippen molar-refractivity contribution < 1.29 is 28.7 Å². The van der Waals surface area contributed by atoms with Gasteiger partial charge in [0.15, 0.2) is 11.5 Å². The van der Waals surface area contributed by atoms with Gasteiger partial charge >= 0.3 is 11.9 Å². The van der Waals surface area contributed by atoms with Gasteiger partial charge in [-0.1, -0.05) is 160 Å². The van der Waals surface area contributed by atoms with Crippen LogP contribution in [0.1, 0.15) is 90.2 Å². The number of hydrogen-bond donors (Lipinski definition) is 0. The highest BCUT2D eigenvalue weighted by Gasteiger charge is 2.46. The highest BCUT2D eigenvalue weighted by molar-refractivity contribution is 8.25. The number of carbonyl (C=O) groups is 4. The fourth-order valence-corrected chi connectivity index (χ4v) is 11.4. The van der Waals surface area contributed by atoms with Crippen LogP contribution in [0, 0.1) is 11.8 Å². The lowest BCUT2D eigenvalue weighted by Gasteiger charge is -2.27. The summed E-state index contributed by atoms with van der Waals surface area (Å²) in [7, 11) is 0. The SMILES string of the molecule is CCCCC(CC)C(=O)Oc1c2c(c(OC(=O)C(CC)CCCC)c3sc(=O)sc13)SC(=C1C(=O)N(Cc3ccccc3)N(Cc3ccccc3)C1=O)S2. The number of carbonyl (C=O) groups excluding carboxylic acids is 4. The Morgan fingerprint density at radius 3 is 1.41 bits per heavy atom. The van der Waals surface area contributed by atoms with Gasteiger partial charge in [0.25, 0.3) is 15.9 Å². The van der Waals surface area contributed by atoms with E-state index in [-0.39, 0.29) is 46.1 Å². The van der Waals surface area contributed by atoms with Gasteiger partial charge in [0.1, 0.15) is 5.57 Å². The smallest absolute Gasteiger partial charge is 0.314 e. The van der Waals surface area contributed by atoms with Gasteiger partial charge in [-0.15, -0.1) is 0 Å². The topological polar surface area (TPSA) is 110 Å². The minimum absolute atomic E-state index is 0.0112. The number of amides is 2. The molecule has 0 bridgehead atoms. The number of hydrogen-bond acceptors (Lipinski definition) is 11. The van der Waals surface area contributed by atoms with E-state index < -0.39 is 23.8 Å². The number of ether oxygens (including phenoxy) is 2. The molecule has 2 aliphatic rings. The zero-order valence-corrected chi connectivity index (χ0v) is 34.2. The van der Waals surface area contributed by atoms with Crippen molar-refractivity contribution in [1.82, 2.24) is 10.0 Å². The summed E-state index contributed by atoms with van der Waals surface area (Å²) in [5.74, 6) is -2.01. The van der Waals surface area contributed by atoms with Gasteiger partial charge in [0.2, 0.25) is 0 Å². The number of unbranched alkanes of at least 4 members (excludes halogenated alkanes) is 2. The first-order valence-corrected chi connectivity index (χ1v) is 21.8. The minimum atomic E-state index is -0.456. The molecule has 4 aromatic rings. The van der Waals surface area contributed by atoms with Crippen molar-refractivity contribution >= 4 is 79.4 Å². The van der Waals surface area contributed by atoms with Crippen LogP contribution in [0.2, 0.25) is 0 Å². The molecule has 0 aliphatic carbocycles. The van der Waals surface area contributed by atoms with Crippen molar-refractivity contribution in [1.29, 1.82) is 0 Å². The van der Waals surface area contributed by atoms with Crippen molar-refractivity contribution in [2.45, 2.75) is 102 Å². The summed E-state index contributed by atoms with van der Waals surface area (Å²) in [6.45, 7) is 8.39. The fourth-order valence-electron chi connectivity index (χ4n) is 6.49. The predicted molar refractivity (Wildman–Crippen MR) is 217 cm³/mol. The predicted octanol–water partition coefficient (Wildman–Crippen LogP) is 9.96. The van der Waals surface area contributed by atoms with E-state index in [1.54, 1.807) is 0 Å². The molecule has 1 fully saturated rings. The first kappa shape index (κ1) is 39.8. The summed E-state index contributed by atoms with van der Waals surface area (Å²) < 4.78 is 13.4. The van der Waals surface area contributed by atoms with Crippen molar-refractivity contribution in [2.75, 3.05) is 0 Å². The summed E-state index contributed by atoms with van der Waals surface area (Å²) in [5.41, 5.74) is 1.71. The van der Waals surface area contributed by atoms with Gasteiger partial charge in [-0.3, -0.25) is 24.0 Å². The van der Waals surface area contributed by atoms with Crippen LogP contribution in [-0.2, 0) is 32.3 Å². The van der Waals surface area contributed by atoms with E-state index in [4.69, 9.17) is 9.47 Å². The van der Waals surface area contributed by atoms with Gasteiger partial charge in [-0.05, 0) is 36.8 Å². The Labute approximate surface area is 332 Å². The molecule has 1 aromatic heterocycles. The van der Waals surface area contributed by atoms with E-state index in [1.807, 2.05) is 74.5 Å². The van der Waals surface area contributed by atoms with E-state index in [2.05, 4.69) is 13.8 Å². The minimum Gasteiger partial charge on any atom is -0.423 e. The number of esters is 2. The monoisotopic (exact) mass is 804 g/mol. The number of benzene rings is 3. The van der Waals surface area contributed by atoms with Crippen LogP contribution >= 0.6 is 46.2 Å². The lowest BCUT2D eigenvalue weighted by atomic mass is 10.00. The number of hydrazine groups is 1. The molecule has 3 aromatic carbocycles. The van der Waals surface area contributed by atoms with E-state index in [0.717, 1.165) is 83.0 Å². The maximum absolute atomic E-state index is 14.4. The maximum Gasteiger partial charge on any atom is 0.314 e. The molecular formula is C41H44N2O7S4. The molecule has 0 saturated carbocycles. The second-order valence-electron chi connectivity index (χ2n) is 13.3. The Kier molecular flexibility index (Phi) is 13.4. The zero-order chi connectivity index (χ0) is 38.4. The van der Waals surface area contributed by atoms with Crippen LogP contribution in [0.25, 0.3) is 9.40 Å². The van der Waals surface area contributed by atoms with Crippen molar-refractivity contribution in [3.8, 4) is 11.5 Å². The van der Waals surface area contributed by atoms with Crippen LogP contribution < -0.4 is 13.5 Å². The van der Waals surface area contributed by atoms with Crippen LogP contribution in [-0.4, -0.2) is 33.8 Å². The average molecular weight is 805 g/mol. The number of thioether (sulfide) groups is 2. The zero-order valence-electron chi connectivity index (χ0n) is 30.9. The Balaban J connectivity index is 1.47. The molecule has 2 unspecified atom stereocenters. The summed E-state index contributed by atoms with van der Waals surface area (Å²) in [5, 5.41) is 2.95. The third kappa shape index (κ3) is 8.49. The Morgan fingerprint density at radius 2 is 1.04 bits per heavy atom. The van der Waals surface area contributed by atoms with Gasteiger partial charge < -0.3 is 9.47 Å². The van der Waals surface area contributed by atoms with E-state index in [9.17, 15) is 24.0 Å². The number of rotatable bonds is 16. The van der Waals surface area contributed by atoms with E-state index in [0.29, 0.717) is 49.1 Å². The lowest BCUT2D eigenvalue weighted by Crippen LogP contribution is -2.39. The molecule has 2 atom stereocenters. The van der Waals surface area contributed by atoms with Crippen LogP contribution in [0.5, 0.6) is 11.5 Å². The molecule has 0 spiro atoms. The van der Waals surface area contributed by atoms with Crippen LogP contribution in [0.15, 0.2) is 85.1 Å². The Morgan fingerprint density at radius 1 is 0.630 bits per heavy atom. The quantitative estimate of drug-likeness (QED) is 0.0473. The molecule has 0 radical (unpaired) electrons. The van der Waals surface area contributed by atoms with Gasteiger partial charge in [0.05, 0.1) is 48.4 Å². The largest absolute Gasteiger partial charge is 0.423 e. The molecule has 9 nitrogen and oxygen atoms in total. The first-order valence-electron chi connectivity index (χ1n) is 18.6. The third-order valence-electron chi connectivity index (χ3n) is 9.61. The summed E-state index contributed by atoms with van der Waals surface area (Å²) in [6, 6.07) is 19.0. The van der Waals surface area contributed by atoms with Crippen molar-refractivity contribution in [3.63, 3.8) is 0 Å². The summed E-state index contributed by atoms with van der Waals surface area (Å²) >= 11 is 4.16. The van der Waals surface area contributed by atoms with Gasteiger partial charge in [0, 0.05) is 0 Å². The maximum atomic E-state index is 14.4. The molecule has 3 heterocycles. The van der Waals surface area contributed by atoms with Gasteiger partial charge in [-0.25, -0.2) is 10.0 Å². The summed E-state index contributed by atoms with van der Waals surface area (Å²) in [6.07, 6.45) is 6.09. The average Bonchev–Trinajstić information content (AvgIpc) is 3.85. The second kappa shape index (κ2) is 18.1. The Hall–Kier alpha value is -3.91. The molecule has 0 N–H and O–H groups in total. The third-order valence-corrected chi connectivity index (χ3v) is 14.4. The lowest BCUT2D eigenvalue weighted by molar-refractivity contribution is -0.149.